The molecule has 0 heterocycles. The standard InChI is InChI=1S/C6H11O2/c1-3-5(2)4-6(7)8/h3,5H,4H2,1-2H3,(H,7,8). The number of rotatable bonds is 3. The number of carbonyl (C=O) groups is 1. The van der Waals surface area contributed by atoms with Crippen molar-refractivity contribution < 1.29 is 9.90 Å². The van der Waals surface area contributed by atoms with E-state index in [2.05, 4.69) is 0 Å². The van der Waals surface area contributed by atoms with Gasteiger partial charge in [-0.15, -0.1) is 0 Å². The fraction of sp³-hybridized carbons (Fsp3) is 0.667. The predicted molar refractivity (Wildman–Crippen MR) is 31.4 cm³/mol. The van der Waals surface area contributed by atoms with Crippen LogP contribution < -0.4 is 0 Å². The van der Waals surface area contributed by atoms with Crippen LogP contribution in [0.2, 0.25) is 0 Å². The van der Waals surface area contributed by atoms with Gasteiger partial charge < -0.3 is 5.11 Å². The van der Waals surface area contributed by atoms with Crippen LogP contribution in [0.4, 0.5) is 0 Å². The summed E-state index contributed by atoms with van der Waals surface area (Å²) < 4.78 is 0. The van der Waals surface area contributed by atoms with Crippen molar-refractivity contribution in [1.29, 1.82) is 0 Å². The molecule has 0 aliphatic heterocycles. The largest absolute Gasteiger partial charge is 0.481 e. The second-order valence-electron chi connectivity index (χ2n) is 1.91. The van der Waals surface area contributed by atoms with Gasteiger partial charge in [-0.3, -0.25) is 4.79 Å². The highest BCUT2D eigenvalue weighted by Gasteiger charge is 2.03. The molecule has 1 radical (unpaired) electrons. The highest BCUT2D eigenvalue weighted by atomic mass is 16.4. The average Bonchev–Trinajstić information content (AvgIpc) is 1.65. The maximum Gasteiger partial charge on any atom is 0.303 e. The Morgan fingerprint density at radius 1 is 1.88 bits per heavy atom. The molecule has 1 atom stereocenters. The summed E-state index contributed by atoms with van der Waals surface area (Å²) in [6.45, 7) is 3.75. The summed E-state index contributed by atoms with van der Waals surface area (Å²) in [6, 6.07) is 0. The van der Waals surface area contributed by atoms with E-state index < -0.39 is 5.97 Å². The fourth-order valence-electron chi connectivity index (χ4n) is 0.393. The first kappa shape index (κ1) is 7.47. The Morgan fingerprint density at radius 3 is 2.50 bits per heavy atom. The van der Waals surface area contributed by atoms with Crippen molar-refractivity contribution in [3.8, 4) is 0 Å². The van der Waals surface area contributed by atoms with Gasteiger partial charge in [0.05, 0.1) is 0 Å². The van der Waals surface area contributed by atoms with E-state index in [1.807, 2.05) is 20.3 Å². The summed E-state index contributed by atoms with van der Waals surface area (Å²) in [5.41, 5.74) is 0. The van der Waals surface area contributed by atoms with Gasteiger partial charge in [-0.2, -0.15) is 0 Å². The molecule has 1 unspecified atom stereocenters. The van der Waals surface area contributed by atoms with Gasteiger partial charge in [0, 0.05) is 6.42 Å². The highest BCUT2D eigenvalue weighted by Crippen LogP contribution is 2.03. The monoisotopic (exact) mass is 115 g/mol. The molecule has 0 aliphatic carbocycles. The minimum Gasteiger partial charge on any atom is -0.481 e. The third-order valence-electron chi connectivity index (χ3n) is 1.07. The van der Waals surface area contributed by atoms with Crippen molar-refractivity contribution in [3.05, 3.63) is 6.42 Å². The highest BCUT2D eigenvalue weighted by molar-refractivity contribution is 5.67. The van der Waals surface area contributed by atoms with Crippen LogP contribution in [0.25, 0.3) is 0 Å². The molecule has 2 heteroatoms. The van der Waals surface area contributed by atoms with Crippen molar-refractivity contribution in [1.82, 2.24) is 0 Å². The Balaban J connectivity index is 3.24. The van der Waals surface area contributed by atoms with E-state index in [1.54, 1.807) is 0 Å². The minimum atomic E-state index is -0.726. The Kier molecular flexibility index (Phi) is 3.24. The summed E-state index contributed by atoms with van der Waals surface area (Å²) in [5.74, 6) is -0.525. The molecule has 0 bridgehead atoms. The molecule has 0 spiro atoms. The number of carboxylic acid groups (broad SMARTS) is 1. The third-order valence-corrected chi connectivity index (χ3v) is 1.07. The topological polar surface area (TPSA) is 37.3 Å². The molecule has 0 saturated heterocycles. The van der Waals surface area contributed by atoms with Gasteiger partial charge in [0.15, 0.2) is 0 Å². The zero-order valence-corrected chi connectivity index (χ0v) is 5.22. The molecule has 47 valence electrons. The number of carboxylic acids is 1. The number of hydrogen-bond donors (Lipinski definition) is 1. The molecule has 0 aromatic carbocycles. The zero-order valence-electron chi connectivity index (χ0n) is 5.22. The Hall–Kier alpha value is -0.530. The van der Waals surface area contributed by atoms with Crippen molar-refractivity contribution in [2.24, 2.45) is 5.92 Å². The van der Waals surface area contributed by atoms with Gasteiger partial charge in [0.2, 0.25) is 0 Å². The van der Waals surface area contributed by atoms with E-state index in [4.69, 9.17) is 5.11 Å². The SMILES string of the molecule is C[CH]C(C)CC(=O)O. The van der Waals surface area contributed by atoms with E-state index in [-0.39, 0.29) is 12.3 Å². The molecule has 0 aromatic heterocycles. The van der Waals surface area contributed by atoms with E-state index in [9.17, 15) is 4.79 Å². The van der Waals surface area contributed by atoms with Gasteiger partial charge in [-0.05, 0) is 12.3 Å². The van der Waals surface area contributed by atoms with Gasteiger partial charge in [0.1, 0.15) is 0 Å². The molecule has 0 aromatic rings. The van der Waals surface area contributed by atoms with Crippen LogP contribution in [0.5, 0.6) is 0 Å². The van der Waals surface area contributed by atoms with E-state index in [0.29, 0.717) is 0 Å². The van der Waals surface area contributed by atoms with Gasteiger partial charge in [-0.25, -0.2) is 0 Å². The first-order chi connectivity index (χ1) is 3.66. The fourth-order valence-corrected chi connectivity index (χ4v) is 0.393. The van der Waals surface area contributed by atoms with Gasteiger partial charge in [-0.1, -0.05) is 13.8 Å². The average molecular weight is 115 g/mol. The molecule has 0 amide bonds. The molecule has 0 aliphatic rings. The molecular formula is C6H11O2. The van der Waals surface area contributed by atoms with Gasteiger partial charge in [0.25, 0.3) is 0 Å². The lowest BCUT2D eigenvalue weighted by Crippen LogP contribution is -2.02. The van der Waals surface area contributed by atoms with Crippen LogP contribution in [0, 0.1) is 12.3 Å². The third kappa shape index (κ3) is 3.65. The molecule has 2 nitrogen and oxygen atoms in total. The van der Waals surface area contributed by atoms with Crippen LogP contribution >= 0.6 is 0 Å². The maximum absolute atomic E-state index is 9.95. The van der Waals surface area contributed by atoms with Crippen LogP contribution in [0.1, 0.15) is 20.3 Å². The molecule has 0 fully saturated rings. The molecule has 0 saturated carbocycles. The Morgan fingerprint density at radius 2 is 2.38 bits per heavy atom. The Bertz CT molecular complexity index is 78.6. The number of aliphatic carboxylic acids is 1. The quantitative estimate of drug-likeness (QED) is 0.602. The summed E-state index contributed by atoms with van der Waals surface area (Å²) >= 11 is 0. The lowest BCUT2D eigenvalue weighted by molar-refractivity contribution is -0.137. The first-order valence-corrected chi connectivity index (χ1v) is 2.68. The summed E-state index contributed by atoms with van der Waals surface area (Å²) in [4.78, 5) is 9.95. The molecular weight excluding hydrogens is 104 g/mol. The van der Waals surface area contributed by atoms with Crippen molar-refractivity contribution in [2.45, 2.75) is 20.3 Å². The van der Waals surface area contributed by atoms with Crippen molar-refractivity contribution in [3.63, 3.8) is 0 Å². The maximum atomic E-state index is 9.95. The lowest BCUT2D eigenvalue weighted by Gasteiger charge is -2.00. The predicted octanol–water partition coefficient (Wildman–Crippen LogP) is 1.32. The van der Waals surface area contributed by atoms with Crippen molar-refractivity contribution in [2.75, 3.05) is 0 Å². The van der Waals surface area contributed by atoms with Gasteiger partial charge >= 0.3 is 5.97 Å². The van der Waals surface area contributed by atoms with Crippen molar-refractivity contribution >= 4 is 5.97 Å². The first-order valence-electron chi connectivity index (χ1n) is 2.68. The van der Waals surface area contributed by atoms with E-state index in [0.717, 1.165) is 0 Å². The number of hydrogen-bond acceptors (Lipinski definition) is 1. The smallest absolute Gasteiger partial charge is 0.303 e. The van der Waals surface area contributed by atoms with Crippen LogP contribution in [-0.4, -0.2) is 11.1 Å². The van der Waals surface area contributed by atoms with Crippen LogP contribution in [-0.2, 0) is 4.79 Å². The summed E-state index contributed by atoms with van der Waals surface area (Å²) in [5, 5.41) is 8.20. The van der Waals surface area contributed by atoms with E-state index >= 15 is 0 Å². The van der Waals surface area contributed by atoms with Crippen LogP contribution in [0.3, 0.4) is 0 Å². The van der Waals surface area contributed by atoms with Crippen LogP contribution in [0.15, 0.2) is 0 Å². The minimum absolute atomic E-state index is 0.201. The normalized spacial score (nSPS) is 13.2. The molecule has 0 rings (SSSR count). The Labute approximate surface area is 49.5 Å². The van der Waals surface area contributed by atoms with E-state index in [1.165, 1.54) is 0 Å². The molecule has 1 N–H and O–H groups in total. The molecule has 8 heavy (non-hydrogen) atoms. The second kappa shape index (κ2) is 3.47. The zero-order chi connectivity index (χ0) is 6.57. The summed E-state index contributed by atoms with van der Waals surface area (Å²) in [7, 11) is 0. The second-order valence-corrected chi connectivity index (χ2v) is 1.91. The lowest BCUT2D eigenvalue weighted by atomic mass is 10.1. The summed E-state index contributed by atoms with van der Waals surface area (Å²) in [6.07, 6.45) is 2.13.